The molecule has 20 heavy (non-hydrogen) atoms. The maximum atomic E-state index is 11.9. The van der Waals surface area contributed by atoms with E-state index in [0.717, 1.165) is 9.53 Å². The molecule has 0 aliphatic heterocycles. The van der Waals surface area contributed by atoms with Gasteiger partial charge in [0.25, 0.3) is 0 Å². The molecule has 2 rings (SSSR count). The molecule has 0 radical (unpaired) electrons. The molecule has 0 unspecified atom stereocenters. The van der Waals surface area contributed by atoms with Gasteiger partial charge in [0.2, 0.25) is 0 Å². The minimum atomic E-state index is -0.875. The number of thiophene rings is 1. The maximum Gasteiger partial charge on any atom is 0.321 e. The van der Waals surface area contributed by atoms with Crippen molar-refractivity contribution in [1.29, 1.82) is 0 Å². The monoisotopic (exact) mass is 313 g/mol. The first-order valence-corrected chi connectivity index (χ1v) is 7.70. The van der Waals surface area contributed by atoms with Gasteiger partial charge >= 0.3 is 12.0 Å². The van der Waals surface area contributed by atoms with Crippen LogP contribution in [0.4, 0.5) is 9.93 Å². The lowest BCUT2D eigenvalue weighted by Crippen LogP contribution is -2.45. The summed E-state index contributed by atoms with van der Waals surface area (Å²) in [5.74, 6) is -0.875. The maximum absolute atomic E-state index is 11.9. The van der Waals surface area contributed by atoms with Gasteiger partial charge in [-0.15, -0.1) is 11.3 Å². The second-order valence-electron chi connectivity index (χ2n) is 4.97. The molecule has 2 aromatic rings. The summed E-state index contributed by atoms with van der Waals surface area (Å²) in [5.41, 5.74) is 0.289. The molecule has 2 aromatic heterocycles. The summed E-state index contributed by atoms with van der Waals surface area (Å²) >= 11 is 3.00. The van der Waals surface area contributed by atoms with Gasteiger partial charge in [-0.25, -0.2) is 9.78 Å². The average molecular weight is 313 g/mol. The summed E-state index contributed by atoms with van der Waals surface area (Å²) in [4.78, 5) is 26.7. The number of nitrogens with one attached hydrogen (secondary N) is 2. The molecular formula is C12H15N3O3S2. The van der Waals surface area contributed by atoms with Gasteiger partial charge in [0.1, 0.15) is 4.01 Å². The summed E-state index contributed by atoms with van der Waals surface area (Å²) in [6, 6.07) is 1.53. The molecule has 0 spiro atoms. The molecule has 0 fully saturated rings. The highest BCUT2D eigenvalue weighted by molar-refractivity contribution is 7.39. The van der Waals surface area contributed by atoms with Gasteiger partial charge < -0.3 is 10.4 Å². The number of urea groups is 1. The highest BCUT2D eigenvalue weighted by Crippen LogP contribution is 2.30. The zero-order valence-electron chi connectivity index (χ0n) is 11.1. The first-order valence-electron chi connectivity index (χ1n) is 6.01. The van der Waals surface area contributed by atoms with Crippen LogP contribution in [0, 0.1) is 0 Å². The van der Waals surface area contributed by atoms with E-state index in [-0.39, 0.29) is 12.5 Å². The lowest BCUT2D eigenvalue weighted by molar-refractivity contribution is -0.137. The molecule has 0 bridgehead atoms. The van der Waals surface area contributed by atoms with Crippen molar-refractivity contribution in [1.82, 2.24) is 10.3 Å². The average Bonchev–Trinajstić information content (AvgIpc) is 2.86. The number of aromatic nitrogens is 1. The summed E-state index contributed by atoms with van der Waals surface area (Å²) < 4.78 is 1.06. The van der Waals surface area contributed by atoms with Crippen molar-refractivity contribution < 1.29 is 14.7 Å². The number of fused-ring (bicyclic) bond motifs is 1. The highest BCUT2D eigenvalue weighted by Gasteiger charge is 2.22. The van der Waals surface area contributed by atoms with E-state index in [4.69, 9.17) is 5.11 Å². The normalized spacial score (nSPS) is 11.5. The molecule has 0 aliphatic rings. The van der Waals surface area contributed by atoms with E-state index in [1.807, 2.05) is 11.4 Å². The van der Waals surface area contributed by atoms with Crippen LogP contribution in [0.25, 0.3) is 9.53 Å². The Bertz CT molecular complexity index is 604. The number of hydrogen-bond donors (Lipinski definition) is 3. The molecule has 0 aromatic carbocycles. The number of carboxylic acids is 1. The molecule has 2 heterocycles. The van der Waals surface area contributed by atoms with Crippen molar-refractivity contribution in [2.75, 3.05) is 5.32 Å². The van der Waals surface area contributed by atoms with E-state index >= 15 is 0 Å². The van der Waals surface area contributed by atoms with E-state index in [1.165, 1.54) is 11.3 Å². The van der Waals surface area contributed by atoms with Gasteiger partial charge in [-0.2, -0.15) is 0 Å². The molecule has 2 amide bonds. The predicted molar refractivity (Wildman–Crippen MR) is 80.6 cm³/mol. The number of carbonyl (C=O) groups is 2. The summed E-state index contributed by atoms with van der Waals surface area (Å²) in [5, 5.41) is 16.6. The number of aliphatic carboxylic acids is 1. The van der Waals surface area contributed by atoms with Crippen molar-refractivity contribution in [3.05, 3.63) is 11.4 Å². The molecule has 108 valence electrons. The number of carboxylic acid groups (broad SMARTS) is 1. The van der Waals surface area contributed by atoms with E-state index in [0.29, 0.717) is 11.6 Å². The minimum absolute atomic E-state index is 0.0141. The number of hydrogen-bond acceptors (Lipinski definition) is 5. The van der Waals surface area contributed by atoms with Crippen LogP contribution >= 0.6 is 22.7 Å². The van der Waals surface area contributed by atoms with E-state index in [2.05, 4.69) is 15.6 Å². The molecule has 3 N–H and O–H groups in total. The third-order valence-electron chi connectivity index (χ3n) is 2.66. The quantitative estimate of drug-likeness (QED) is 0.791. The number of thiazole rings is 1. The largest absolute Gasteiger partial charge is 0.481 e. The topological polar surface area (TPSA) is 91.3 Å². The Balaban J connectivity index is 1.91. The third-order valence-corrected chi connectivity index (χ3v) is 4.67. The summed E-state index contributed by atoms with van der Waals surface area (Å²) in [6.45, 7) is 3.58. The van der Waals surface area contributed by atoms with Crippen molar-refractivity contribution in [2.24, 2.45) is 0 Å². The van der Waals surface area contributed by atoms with Crippen molar-refractivity contribution in [3.63, 3.8) is 0 Å². The summed E-state index contributed by atoms with van der Waals surface area (Å²) in [7, 11) is 0. The Hall–Kier alpha value is -1.67. The first kappa shape index (κ1) is 14.7. The molecule has 0 saturated carbocycles. The highest BCUT2D eigenvalue weighted by atomic mass is 32.2. The van der Waals surface area contributed by atoms with E-state index in [9.17, 15) is 9.59 Å². The van der Waals surface area contributed by atoms with Gasteiger partial charge in [0, 0.05) is 12.0 Å². The van der Waals surface area contributed by atoms with Gasteiger partial charge in [0.15, 0.2) is 5.13 Å². The number of nitrogens with zero attached hydrogens (tertiary/aromatic N) is 1. The molecule has 0 atom stereocenters. The van der Waals surface area contributed by atoms with E-state index < -0.39 is 11.5 Å². The smallest absolute Gasteiger partial charge is 0.321 e. The van der Waals surface area contributed by atoms with Gasteiger partial charge in [-0.3, -0.25) is 10.1 Å². The second kappa shape index (κ2) is 5.76. The third kappa shape index (κ3) is 3.91. The van der Waals surface area contributed by atoms with E-state index in [1.54, 1.807) is 25.2 Å². The Kier molecular flexibility index (Phi) is 4.24. The second-order valence-corrected chi connectivity index (χ2v) is 7.14. The van der Waals surface area contributed by atoms with Crippen LogP contribution in [0.1, 0.15) is 26.7 Å². The Morgan fingerprint density at radius 3 is 2.85 bits per heavy atom. The van der Waals surface area contributed by atoms with Gasteiger partial charge in [-0.1, -0.05) is 11.3 Å². The number of carbonyl (C=O) groups excluding carboxylic acids is 1. The zero-order valence-corrected chi connectivity index (χ0v) is 12.7. The minimum Gasteiger partial charge on any atom is -0.481 e. The lowest BCUT2D eigenvalue weighted by atomic mass is 9.99. The molecule has 8 heteroatoms. The zero-order chi connectivity index (χ0) is 14.8. The van der Waals surface area contributed by atoms with Crippen LogP contribution < -0.4 is 10.6 Å². The Labute approximate surface area is 123 Å². The van der Waals surface area contributed by atoms with Crippen LogP contribution in [0.3, 0.4) is 0 Å². The Morgan fingerprint density at radius 2 is 2.20 bits per heavy atom. The lowest BCUT2D eigenvalue weighted by Gasteiger charge is -2.25. The molecule has 0 aliphatic carbocycles. The van der Waals surface area contributed by atoms with Crippen molar-refractivity contribution in [2.45, 2.75) is 32.2 Å². The number of anilines is 1. The molecule has 6 nitrogen and oxygen atoms in total. The number of rotatable bonds is 5. The van der Waals surface area contributed by atoms with Crippen LogP contribution in [-0.2, 0) is 4.79 Å². The van der Waals surface area contributed by atoms with Gasteiger partial charge in [0.05, 0.1) is 5.52 Å². The number of amides is 2. The summed E-state index contributed by atoms with van der Waals surface area (Å²) in [6.07, 6.45) is 0.378. The van der Waals surface area contributed by atoms with Crippen molar-refractivity contribution >= 4 is 49.3 Å². The Morgan fingerprint density at radius 1 is 1.45 bits per heavy atom. The molecular weight excluding hydrogens is 298 g/mol. The van der Waals surface area contributed by atoms with Crippen LogP contribution in [0.15, 0.2) is 11.4 Å². The SMILES string of the molecule is CC(C)(CCC(=O)O)NC(=O)Nc1nc2ccsc2s1. The van der Waals surface area contributed by atoms with Crippen LogP contribution in [0.2, 0.25) is 0 Å². The standard InChI is InChI=1S/C12H15N3O3S2/c1-12(2,5-3-8(16)17)15-10(18)14-11-13-7-4-6-19-9(7)20-11/h4,6H,3,5H2,1-2H3,(H,16,17)(H2,13,14,15,18). The van der Waals surface area contributed by atoms with Crippen LogP contribution in [0.5, 0.6) is 0 Å². The first-order chi connectivity index (χ1) is 9.35. The van der Waals surface area contributed by atoms with Gasteiger partial charge in [-0.05, 0) is 31.7 Å². The fourth-order valence-corrected chi connectivity index (χ4v) is 3.47. The molecule has 0 saturated heterocycles. The van der Waals surface area contributed by atoms with Crippen LogP contribution in [-0.4, -0.2) is 27.6 Å². The predicted octanol–water partition coefficient (Wildman–Crippen LogP) is 3.12. The fraction of sp³-hybridized carbons (Fsp3) is 0.417. The van der Waals surface area contributed by atoms with Crippen molar-refractivity contribution in [3.8, 4) is 0 Å². The fourth-order valence-electron chi connectivity index (χ4n) is 1.64.